The Kier molecular flexibility index (Phi) is 4.03. The molecule has 0 saturated heterocycles. The SMILES string of the molecule is Cc1cccc(C)c1OCc1ccc(C(=N)N)cc1F. The molecule has 0 unspecified atom stereocenters. The van der Waals surface area contributed by atoms with Gasteiger partial charge in [0.15, 0.2) is 0 Å². The second-order valence-corrected chi connectivity index (χ2v) is 4.73. The zero-order valence-corrected chi connectivity index (χ0v) is 11.5. The summed E-state index contributed by atoms with van der Waals surface area (Å²) in [5.41, 5.74) is 8.18. The third kappa shape index (κ3) is 2.96. The third-order valence-electron chi connectivity index (χ3n) is 3.14. The third-order valence-corrected chi connectivity index (χ3v) is 3.14. The van der Waals surface area contributed by atoms with Crippen LogP contribution < -0.4 is 10.5 Å². The van der Waals surface area contributed by atoms with Gasteiger partial charge in [0, 0.05) is 11.1 Å². The minimum Gasteiger partial charge on any atom is -0.488 e. The predicted molar refractivity (Wildman–Crippen MR) is 77.7 cm³/mol. The quantitative estimate of drug-likeness (QED) is 0.662. The molecule has 0 aliphatic carbocycles. The fourth-order valence-corrected chi connectivity index (χ4v) is 2.01. The van der Waals surface area contributed by atoms with E-state index in [1.807, 2.05) is 32.0 Å². The molecule has 2 rings (SSSR count). The molecule has 0 heterocycles. The van der Waals surface area contributed by atoms with Crippen LogP contribution in [-0.4, -0.2) is 5.84 Å². The first-order chi connectivity index (χ1) is 9.49. The maximum absolute atomic E-state index is 13.9. The number of halogens is 1. The van der Waals surface area contributed by atoms with Crippen molar-refractivity contribution < 1.29 is 9.13 Å². The average molecular weight is 272 g/mol. The monoisotopic (exact) mass is 272 g/mol. The molecule has 0 atom stereocenters. The van der Waals surface area contributed by atoms with Gasteiger partial charge in [-0.15, -0.1) is 0 Å². The normalized spacial score (nSPS) is 10.3. The van der Waals surface area contributed by atoms with Gasteiger partial charge in [-0.1, -0.05) is 30.3 Å². The molecule has 3 N–H and O–H groups in total. The van der Waals surface area contributed by atoms with Crippen molar-refractivity contribution in [1.29, 1.82) is 5.41 Å². The van der Waals surface area contributed by atoms with E-state index in [0.29, 0.717) is 11.1 Å². The Bertz CT molecular complexity index is 633. The van der Waals surface area contributed by atoms with E-state index in [9.17, 15) is 4.39 Å². The number of nitrogens with two attached hydrogens (primary N) is 1. The molecule has 104 valence electrons. The molecule has 0 amide bonds. The Balaban J connectivity index is 2.17. The number of amidine groups is 1. The fraction of sp³-hybridized carbons (Fsp3) is 0.188. The summed E-state index contributed by atoms with van der Waals surface area (Å²) >= 11 is 0. The molecule has 20 heavy (non-hydrogen) atoms. The van der Waals surface area contributed by atoms with Gasteiger partial charge in [-0.05, 0) is 31.0 Å². The lowest BCUT2D eigenvalue weighted by Crippen LogP contribution is -2.12. The van der Waals surface area contributed by atoms with Crippen LogP contribution in [-0.2, 0) is 6.61 Å². The molecule has 0 aromatic heterocycles. The van der Waals surface area contributed by atoms with Crippen LogP contribution in [0.25, 0.3) is 0 Å². The number of para-hydroxylation sites is 1. The van der Waals surface area contributed by atoms with Crippen LogP contribution in [0.4, 0.5) is 4.39 Å². The molecule has 0 spiro atoms. The first-order valence-electron chi connectivity index (χ1n) is 6.31. The van der Waals surface area contributed by atoms with Crippen molar-refractivity contribution in [1.82, 2.24) is 0 Å². The molecule has 0 aliphatic heterocycles. The van der Waals surface area contributed by atoms with E-state index < -0.39 is 5.82 Å². The van der Waals surface area contributed by atoms with Gasteiger partial charge in [0.25, 0.3) is 0 Å². The molecule has 2 aromatic rings. The molecule has 2 aromatic carbocycles. The van der Waals surface area contributed by atoms with Crippen LogP contribution in [0.2, 0.25) is 0 Å². The van der Waals surface area contributed by atoms with E-state index in [-0.39, 0.29) is 12.4 Å². The smallest absolute Gasteiger partial charge is 0.130 e. The van der Waals surface area contributed by atoms with Gasteiger partial charge in [-0.3, -0.25) is 5.41 Å². The Morgan fingerprint density at radius 2 is 1.85 bits per heavy atom. The van der Waals surface area contributed by atoms with E-state index in [1.165, 1.54) is 6.07 Å². The number of hydrogen-bond donors (Lipinski definition) is 2. The summed E-state index contributed by atoms with van der Waals surface area (Å²) in [4.78, 5) is 0. The van der Waals surface area contributed by atoms with Crippen LogP contribution in [0.5, 0.6) is 5.75 Å². The largest absolute Gasteiger partial charge is 0.488 e. The summed E-state index contributed by atoms with van der Waals surface area (Å²) in [5.74, 6) is 0.220. The Morgan fingerprint density at radius 1 is 1.20 bits per heavy atom. The second-order valence-electron chi connectivity index (χ2n) is 4.73. The molecule has 4 heteroatoms. The summed E-state index contributed by atoms with van der Waals surface area (Å²) in [5, 5.41) is 7.28. The van der Waals surface area contributed by atoms with E-state index >= 15 is 0 Å². The molecule has 3 nitrogen and oxygen atoms in total. The Hall–Kier alpha value is -2.36. The molecule has 0 saturated carbocycles. The summed E-state index contributed by atoms with van der Waals surface area (Å²) in [6, 6.07) is 10.3. The molecular formula is C16H17FN2O. The van der Waals surface area contributed by atoms with Crippen molar-refractivity contribution in [3.63, 3.8) is 0 Å². The second kappa shape index (κ2) is 5.74. The number of benzene rings is 2. The van der Waals surface area contributed by atoms with Crippen molar-refractivity contribution in [2.24, 2.45) is 5.73 Å². The highest BCUT2D eigenvalue weighted by Gasteiger charge is 2.08. The van der Waals surface area contributed by atoms with Crippen molar-refractivity contribution in [3.8, 4) is 5.75 Å². The molecule has 0 bridgehead atoms. The van der Waals surface area contributed by atoms with Crippen LogP contribution >= 0.6 is 0 Å². The van der Waals surface area contributed by atoms with Crippen LogP contribution in [0.1, 0.15) is 22.3 Å². The van der Waals surface area contributed by atoms with E-state index in [0.717, 1.165) is 16.9 Å². The zero-order valence-electron chi connectivity index (χ0n) is 11.5. The van der Waals surface area contributed by atoms with Crippen molar-refractivity contribution in [2.75, 3.05) is 0 Å². The fourth-order valence-electron chi connectivity index (χ4n) is 2.01. The summed E-state index contributed by atoms with van der Waals surface area (Å²) in [7, 11) is 0. The average Bonchev–Trinajstić information content (AvgIpc) is 2.39. The standard InChI is InChI=1S/C16H17FN2O/c1-10-4-3-5-11(2)15(10)20-9-13-7-6-12(16(18)19)8-14(13)17/h3-8H,9H2,1-2H3,(H3,18,19). The highest BCUT2D eigenvalue weighted by Crippen LogP contribution is 2.24. The zero-order chi connectivity index (χ0) is 14.7. The molecular weight excluding hydrogens is 255 g/mol. The highest BCUT2D eigenvalue weighted by molar-refractivity contribution is 5.94. The predicted octanol–water partition coefficient (Wildman–Crippen LogP) is 3.31. The van der Waals surface area contributed by atoms with Crippen molar-refractivity contribution >= 4 is 5.84 Å². The number of aryl methyl sites for hydroxylation is 2. The number of nitrogen functional groups attached to an aromatic ring is 1. The first-order valence-corrected chi connectivity index (χ1v) is 6.31. The number of nitrogens with one attached hydrogen (secondary N) is 1. The number of ether oxygens (including phenoxy) is 1. The van der Waals surface area contributed by atoms with Crippen LogP contribution in [0.3, 0.4) is 0 Å². The van der Waals surface area contributed by atoms with Crippen molar-refractivity contribution in [2.45, 2.75) is 20.5 Å². The van der Waals surface area contributed by atoms with Gasteiger partial charge >= 0.3 is 0 Å². The van der Waals surface area contributed by atoms with Gasteiger partial charge in [0.2, 0.25) is 0 Å². The minimum atomic E-state index is -0.413. The van der Waals surface area contributed by atoms with Gasteiger partial charge < -0.3 is 10.5 Å². The number of hydrogen-bond acceptors (Lipinski definition) is 2. The summed E-state index contributed by atoms with van der Waals surface area (Å²) in [6.45, 7) is 4.06. The lowest BCUT2D eigenvalue weighted by molar-refractivity contribution is 0.296. The van der Waals surface area contributed by atoms with Crippen molar-refractivity contribution in [3.05, 3.63) is 64.5 Å². The maximum atomic E-state index is 13.9. The molecule has 0 radical (unpaired) electrons. The van der Waals surface area contributed by atoms with Gasteiger partial charge in [-0.2, -0.15) is 0 Å². The first kappa shape index (κ1) is 14.1. The maximum Gasteiger partial charge on any atom is 0.130 e. The molecule has 0 aliphatic rings. The highest BCUT2D eigenvalue weighted by atomic mass is 19.1. The lowest BCUT2D eigenvalue weighted by atomic mass is 10.1. The lowest BCUT2D eigenvalue weighted by Gasteiger charge is -2.12. The van der Waals surface area contributed by atoms with E-state index in [4.69, 9.17) is 15.9 Å². The minimum absolute atomic E-state index is 0.147. The topological polar surface area (TPSA) is 59.1 Å². The van der Waals surface area contributed by atoms with Gasteiger partial charge in [-0.25, -0.2) is 4.39 Å². The van der Waals surface area contributed by atoms with E-state index in [2.05, 4.69) is 0 Å². The van der Waals surface area contributed by atoms with Gasteiger partial charge in [0.1, 0.15) is 24.0 Å². The van der Waals surface area contributed by atoms with Crippen LogP contribution in [0.15, 0.2) is 36.4 Å². The Morgan fingerprint density at radius 3 is 2.40 bits per heavy atom. The van der Waals surface area contributed by atoms with Gasteiger partial charge in [0.05, 0.1) is 0 Å². The Labute approximate surface area is 117 Å². The summed E-state index contributed by atoms with van der Waals surface area (Å²) in [6.07, 6.45) is 0. The molecule has 0 fully saturated rings. The van der Waals surface area contributed by atoms with Crippen LogP contribution in [0, 0.1) is 25.1 Å². The van der Waals surface area contributed by atoms with E-state index in [1.54, 1.807) is 12.1 Å². The number of rotatable bonds is 4. The summed E-state index contributed by atoms with van der Waals surface area (Å²) < 4.78 is 19.6.